The molecule has 0 aromatic heterocycles. The highest BCUT2D eigenvalue weighted by atomic mass is 32.3. The topological polar surface area (TPSA) is 52.2 Å². The van der Waals surface area contributed by atoms with Crippen molar-refractivity contribution in [2.45, 2.75) is 6.92 Å². The lowest BCUT2D eigenvalue weighted by Crippen LogP contribution is -2.23. The first kappa shape index (κ1) is 6.71. The number of nitrogens with one attached hydrogen (secondary N) is 1. The van der Waals surface area contributed by atoms with Crippen molar-refractivity contribution in [2.75, 3.05) is 0 Å². The minimum atomic E-state index is -2.70. The van der Waals surface area contributed by atoms with E-state index >= 15 is 0 Å². The van der Waals surface area contributed by atoms with E-state index in [0.717, 1.165) is 6.92 Å². The smallest absolute Gasteiger partial charge is 0.306 e. The first-order valence-corrected chi connectivity index (χ1v) is 2.53. The van der Waals surface area contributed by atoms with Gasteiger partial charge in [0, 0.05) is 10.8 Å². The van der Waals surface area contributed by atoms with Crippen molar-refractivity contribution in [1.29, 1.82) is 0 Å². The summed E-state index contributed by atoms with van der Waals surface area (Å²) in [5, 5.41) is 0. The Hall–Kier alpha value is -0.290. The molecule has 5 heteroatoms. The Bertz CT molecular complexity index is 76.1. The average molecular weight is 125 g/mol. The Labute approximate surface area is 43.5 Å². The summed E-state index contributed by atoms with van der Waals surface area (Å²) in [4.78, 5) is 9.71. The van der Waals surface area contributed by atoms with Gasteiger partial charge in [0.25, 0.3) is 5.91 Å². The second-order valence-electron chi connectivity index (χ2n) is 0.882. The summed E-state index contributed by atoms with van der Waals surface area (Å²) >= 11 is -2.70. The summed E-state index contributed by atoms with van der Waals surface area (Å²) in [5.41, 5.74) is 0. The molecule has 0 radical (unpaired) electrons. The van der Waals surface area contributed by atoms with Gasteiger partial charge < -0.3 is 4.55 Å². The lowest BCUT2D eigenvalue weighted by molar-refractivity contribution is -0.117. The molecule has 1 amide bonds. The number of rotatable bonds is 1. The highest BCUT2D eigenvalue weighted by Gasteiger charge is 2.03. The molecule has 7 heavy (non-hydrogen) atoms. The van der Waals surface area contributed by atoms with Crippen LogP contribution in [-0.2, 0) is 16.5 Å². The van der Waals surface area contributed by atoms with E-state index in [1.807, 2.05) is 0 Å². The van der Waals surface area contributed by atoms with Gasteiger partial charge in [-0.15, -0.1) is 4.72 Å². The fourth-order valence-corrected chi connectivity index (χ4v) is 0.339. The van der Waals surface area contributed by atoms with E-state index < -0.39 is 17.7 Å². The number of halogens is 1. The Morgan fingerprint density at radius 3 is 2.43 bits per heavy atom. The number of hydrogen-bond donors (Lipinski definition) is 1. The second kappa shape index (κ2) is 2.81. The van der Waals surface area contributed by atoms with Crippen molar-refractivity contribution >= 4 is 17.7 Å². The number of carbonyl (C=O) groups is 1. The lowest BCUT2D eigenvalue weighted by Gasteiger charge is -1.91. The van der Waals surface area contributed by atoms with Crippen LogP contribution in [0.4, 0.5) is 3.89 Å². The Morgan fingerprint density at radius 2 is 2.43 bits per heavy atom. The molecule has 0 aliphatic carbocycles. The summed E-state index contributed by atoms with van der Waals surface area (Å²) in [6, 6.07) is 0. The van der Waals surface area contributed by atoms with Crippen molar-refractivity contribution < 1.29 is 13.2 Å². The molecule has 0 aliphatic rings. The van der Waals surface area contributed by atoms with E-state index in [1.165, 1.54) is 4.72 Å². The van der Waals surface area contributed by atoms with Gasteiger partial charge >= 0.3 is 11.7 Å². The third-order valence-corrected chi connectivity index (χ3v) is 0.672. The van der Waals surface area contributed by atoms with Gasteiger partial charge in [-0.25, -0.2) is 0 Å². The normalized spacial score (nSPS) is 13.0. The fourth-order valence-electron chi connectivity index (χ4n) is 0.113. The average Bonchev–Trinajstić information content (AvgIpc) is 1.27. The third kappa shape index (κ3) is 5.71. The summed E-state index contributed by atoms with van der Waals surface area (Å²) in [6.07, 6.45) is 0. The molecule has 0 heterocycles. The van der Waals surface area contributed by atoms with Crippen LogP contribution in [0.5, 0.6) is 0 Å². The van der Waals surface area contributed by atoms with Crippen LogP contribution in [0.3, 0.4) is 0 Å². The van der Waals surface area contributed by atoms with Crippen LogP contribution in [0.25, 0.3) is 0 Å². The molecule has 42 valence electrons. The van der Waals surface area contributed by atoms with Crippen LogP contribution >= 0.6 is 0 Å². The predicted molar refractivity (Wildman–Crippen MR) is 23.1 cm³/mol. The van der Waals surface area contributed by atoms with Crippen molar-refractivity contribution in [1.82, 2.24) is 4.72 Å². The van der Waals surface area contributed by atoms with Crippen LogP contribution in [0.1, 0.15) is 6.92 Å². The van der Waals surface area contributed by atoms with Crippen molar-refractivity contribution in [3.63, 3.8) is 0 Å². The molecule has 0 spiro atoms. The summed E-state index contributed by atoms with van der Waals surface area (Å²) in [7, 11) is 0. The molecule has 0 bridgehead atoms. The van der Waals surface area contributed by atoms with Gasteiger partial charge in [0.2, 0.25) is 0 Å². The number of carbonyl (C=O) groups excluding carboxylic acids is 1. The van der Waals surface area contributed by atoms with Gasteiger partial charge in [0.05, 0.1) is 0 Å². The van der Waals surface area contributed by atoms with E-state index in [4.69, 9.17) is 0 Å². The van der Waals surface area contributed by atoms with Crippen LogP contribution in [0.15, 0.2) is 0 Å². The van der Waals surface area contributed by atoms with Gasteiger partial charge in [-0.1, -0.05) is 0 Å². The first-order chi connectivity index (χ1) is 3.13. The van der Waals surface area contributed by atoms with Gasteiger partial charge in [-0.05, 0) is 0 Å². The molecule has 1 N–H and O–H groups in total. The summed E-state index contributed by atoms with van der Waals surface area (Å²) in [6.45, 7) is 1.08. The van der Waals surface area contributed by atoms with Crippen molar-refractivity contribution in [3.8, 4) is 0 Å². The van der Waals surface area contributed by atoms with Crippen LogP contribution in [0.2, 0.25) is 0 Å². The molecule has 0 aromatic rings. The van der Waals surface area contributed by atoms with Crippen LogP contribution in [-0.4, -0.2) is 10.5 Å². The van der Waals surface area contributed by atoms with E-state index in [0.29, 0.717) is 0 Å². The Balaban J connectivity index is 3.13. The first-order valence-electron chi connectivity index (χ1n) is 1.48. The quantitative estimate of drug-likeness (QED) is 0.488. The zero-order chi connectivity index (χ0) is 5.86. The number of amides is 1. The van der Waals surface area contributed by atoms with E-state index in [1.54, 1.807) is 0 Å². The molecule has 0 aliphatic heterocycles. The molecule has 3 nitrogen and oxygen atoms in total. The maximum Gasteiger partial charge on any atom is 0.306 e. The molecule has 0 saturated carbocycles. The van der Waals surface area contributed by atoms with Crippen molar-refractivity contribution in [2.24, 2.45) is 0 Å². The maximum absolute atomic E-state index is 11.1. The zero-order valence-corrected chi connectivity index (χ0v) is 4.42. The molecule has 0 saturated heterocycles. The monoisotopic (exact) mass is 125 g/mol. The molecule has 0 fully saturated rings. The van der Waals surface area contributed by atoms with Crippen molar-refractivity contribution in [3.05, 3.63) is 0 Å². The molecular formula is C2H4FNO2S. The fraction of sp³-hybridized carbons (Fsp3) is 0.500. The standard InChI is InChI=1S/C2H4FNO2S/c1-2(5)4-7(3)6/h1H3,(H,4,5). The van der Waals surface area contributed by atoms with E-state index in [2.05, 4.69) is 0 Å². The molecule has 0 rings (SSSR count). The molecule has 1 unspecified atom stereocenters. The lowest BCUT2D eigenvalue weighted by atomic mass is 10.8. The van der Waals surface area contributed by atoms with Gasteiger partial charge in [0.1, 0.15) is 0 Å². The highest BCUT2D eigenvalue weighted by molar-refractivity contribution is 7.84. The molecule has 1 atom stereocenters. The van der Waals surface area contributed by atoms with Gasteiger partial charge in [-0.3, -0.25) is 4.79 Å². The van der Waals surface area contributed by atoms with Crippen LogP contribution in [0, 0.1) is 0 Å². The largest absolute Gasteiger partial charge is 0.555 e. The van der Waals surface area contributed by atoms with E-state index in [9.17, 15) is 13.2 Å². The molecule has 0 aromatic carbocycles. The van der Waals surface area contributed by atoms with Gasteiger partial charge in [0.15, 0.2) is 0 Å². The highest BCUT2D eigenvalue weighted by Crippen LogP contribution is 1.80. The van der Waals surface area contributed by atoms with Gasteiger partial charge in [-0.2, -0.15) is 0 Å². The summed E-state index contributed by atoms with van der Waals surface area (Å²) in [5.74, 6) is -0.638. The SMILES string of the molecule is CC(=O)N[S+]([O-])F. The van der Waals surface area contributed by atoms with Crippen LogP contribution < -0.4 is 4.72 Å². The molecular weight excluding hydrogens is 121 g/mol. The second-order valence-corrected chi connectivity index (χ2v) is 1.53. The minimum absolute atomic E-state index is 0.638. The Morgan fingerprint density at radius 1 is 2.00 bits per heavy atom. The predicted octanol–water partition coefficient (Wildman–Crippen LogP) is -0.329. The third-order valence-electron chi connectivity index (χ3n) is 0.224. The zero-order valence-electron chi connectivity index (χ0n) is 3.60. The Kier molecular flexibility index (Phi) is 2.70. The minimum Gasteiger partial charge on any atom is -0.555 e. The number of hydrogen-bond acceptors (Lipinski definition) is 2. The van der Waals surface area contributed by atoms with E-state index in [-0.39, 0.29) is 0 Å². The maximum atomic E-state index is 11.1. The summed E-state index contributed by atoms with van der Waals surface area (Å²) < 4.78 is 21.9.